The second-order valence-electron chi connectivity index (χ2n) is 13.6. The maximum absolute atomic E-state index is 4.07. The smallest absolute Gasteiger partial charge is 0.0533 e. The van der Waals surface area contributed by atoms with E-state index in [2.05, 4.69) is 231 Å². The summed E-state index contributed by atoms with van der Waals surface area (Å²) in [6, 6.07) is 60.7. The van der Waals surface area contributed by atoms with E-state index in [1.807, 2.05) is 6.08 Å². The highest BCUT2D eigenvalue weighted by Crippen LogP contribution is 2.38. The van der Waals surface area contributed by atoms with Gasteiger partial charge in [-0.2, -0.15) is 0 Å². The van der Waals surface area contributed by atoms with Crippen LogP contribution in [-0.2, 0) is 6.42 Å². The van der Waals surface area contributed by atoms with Gasteiger partial charge in [0.05, 0.1) is 5.69 Å². The predicted molar refractivity (Wildman–Crippen MR) is 235 cm³/mol. The number of para-hydroxylation sites is 2. The number of anilines is 6. The Bertz CT molecular complexity index is 2380. The lowest BCUT2D eigenvalue weighted by Gasteiger charge is -2.27. The summed E-state index contributed by atoms with van der Waals surface area (Å²) in [7, 11) is 0. The highest BCUT2D eigenvalue weighted by molar-refractivity contribution is 5.84. The van der Waals surface area contributed by atoms with Crippen molar-refractivity contribution < 1.29 is 0 Å². The van der Waals surface area contributed by atoms with Crippen LogP contribution in [0.5, 0.6) is 0 Å². The lowest BCUT2D eigenvalue weighted by Crippen LogP contribution is -2.12. The molecular formula is C52H46N2. The molecule has 0 N–H and O–H groups in total. The molecule has 2 nitrogen and oxygen atoms in total. The summed E-state index contributed by atoms with van der Waals surface area (Å²) in [5.41, 5.74) is 16.3. The minimum Gasteiger partial charge on any atom is -0.310 e. The van der Waals surface area contributed by atoms with Crippen molar-refractivity contribution in [2.45, 2.75) is 27.2 Å². The third-order valence-electron chi connectivity index (χ3n) is 9.75. The molecule has 0 heterocycles. The van der Waals surface area contributed by atoms with Crippen LogP contribution < -0.4 is 9.80 Å². The minimum absolute atomic E-state index is 0.971. The summed E-state index contributed by atoms with van der Waals surface area (Å²) in [6.45, 7) is 10.5. The normalized spacial score (nSPS) is 11.2. The molecular weight excluding hydrogens is 653 g/mol. The van der Waals surface area contributed by atoms with E-state index in [9.17, 15) is 0 Å². The first-order valence-corrected chi connectivity index (χ1v) is 18.7. The molecule has 0 aliphatic carbocycles. The van der Waals surface area contributed by atoms with Crippen molar-refractivity contribution in [2.24, 2.45) is 0 Å². The van der Waals surface area contributed by atoms with Crippen LogP contribution in [0.2, 0.25) is 0 Å². The number of aryl methyl sites for hydroxylation is 3. The average molecular weight is 699 g/mol. The van der Waals surface area contributed by atoms with Gasteiger partial charge in [-0.3, -0.25) is 0 Å². The van der Waals surface area contributed by atoms with E-state index in [0.29, 0.717) is 0 Å². The van der Waals surface area contributed by atoms with Crippen molar-refractivity contribution in [3.8, 4) is 0 Å². The minimum atomic E-state index is 0.971. The third-order valence-corrected chi connectivity index (χ3v) is 9.75. The molecule has 0 fully saturated rings. The van der Waals surface area contributed by atoms with Crippen LogP contribution in [0.1, 0.15) is 51.4 Å². The van der Waals surface area contributed by atoms with E-state index in [1.54, 1.807) is 0 Å². The van der Waals surface area contributed by atoms with Crippen LogP contribution in [-0.4, -0.2) is 0 Å². The van der Waals surface area contributed by atoms with E-state index < -0.39 is 0 Å². The molecule has 0 aliphatic heterocycles. The van der Waals surface area contributed by atoms with E-state index in [0.717, 1.165) is 62.7 Å². The Morgan fingerprint density at radius 3 is 1.31 bits per heavy atom. The van der Waals surface area contributed by atoms with Gasteiger partial charge in [0.15, 0.2) is 0 Å². The van der Waals surface area contributed by atoms with Gasteiger partial charge in [-0.1, -0.05) is 158 Å². The molecule has 7 aromatic rings. The van der Waals surface area contributed by atoms with Crippen LogP contribution in [0.25, 0.3) is 30.4 Å². The fourth-order valence-corrected chi connectivity index (χ4v) is 6.75. The standard InChI is InChI=1S/C52H46N2/c1-5-45-14-7-9-16-51(45)53(47-30-18-39(3)19-31-47)49-34-26-41(27-35-49)22-24-43-12-11-13-44(38-43)25-23-42-28-36-50(37-29-42)54(48-32-20-40(4)21-33-48)52-17-10-8-15-46(52)6-2/h5,7-38H,1,6H2,2-4H3. The molecule has 2 heteroatoms. The lowest BCUT2D eigenvalue weighted by atomic mass is 10.1. The molecule has 264 valence electrons. The second-order valence-corrected chi connectivity index (χ2v) is 13.6. The molecule has 7 aromatic carbocycles. The largest absolute Gasteiger partial charge is 0.310 e. The molecule has 0 spiro atoms. The Balaban J connectivity index is 1.07. The maximum atomic E-state index is 4.07. The van der Waals surface area contributed by atoms with E-state index in [4.69, 9.17) is 0 Å². The fourth-order valence-electron chi connectivity index (χ4n) is 6.75. The first-order chi connectivity index (χ1) is 26.5. The monoisotopic (exact) mass is 698 g/mol. The van der Waals surface area contributed by atoms with Gasteiger partial charge < -0.3 is 9.80 Å². The van der Waals surface area contributed by atoms with Gasteiger partial charge in [0.2, 0.25) is 0 Å². The summed E-state index contributed by atoms with van der Waals surface area (Å²) in [6.07, 6.45) is 11.6. The first-order valence-electron chi connectivity index (χ1n) is 18.7. The molecule has 0 radical (unpaired) electrons. The van der Waals surface area contributed by atoms with Crippen molar-refractivity contribution in [3.63, 3.8) is 0 Å². The molecule has 0 amide bonds. The molecule has 0 saturated carbocycles. The summed E-state index contributed by atoms with van der Waals surface area (Å²) >= 11 is 0. The zero-order valence-electron chi connectivity index (χ0n) is 31.4. The van der Waals surface area contributed by atoms with Gasteiger partial charge in [-0.15, -0.1) is 0 Å². The zero-order valence-corrected chi connectivity index (χ0v) is 31.4. The Morgan fingerprint density at radius 1 is 0.426 bits per heavy atom. The molecule has 0 aromatic heterocycles. The number of hydrogen-bond donors (Lipinski definition) is 0. The van der Waals surface area contributed by atoms with Crippen molar-refractivity contribution in [3.05, 3.63) is 221 Å². The van der Waals surface area contributed by atoms with Crippen molar-refractivity contribution >= 4 is 64.5 Å². The zero-order chi connectivity index (χ0) is 37.3. The molecule has 0 aliphatic rings. The molecule has 54 heavy (non-hydrogen) atoms. The van der Waals surface area contributed by atoms with Crippen LogP contribution >= 0.6 is 0 Å². The summed E-state index contributed by atoms with van der Waals surface area (Å²) in [5, 5.41) is 0. The second kappa shape index (κ2) is 16.8. The predicted octanol–water partition coefficient (Wildman–Crippen LogP) is 14.8. The van der Waals surface area contributed by atoms with Gasteiger partial charge in [0.1, 0.15) is 0 Å². The van der Waals surface area contributed by atoms with Gasteiger partial charge in [0.25, 0.3) is 0 Å². The number of hydrogen-bond acceptors (Lipinski definition) is 2. The van der Waals surface area contributed by atoms with Crippen molar-refractivity contribution in [2.75, 3.05) is 9.80 Å². The van der Waals surface area contributed by atoms with Gasteiger partial charge in [0, 0.05) is 28.4 Å². The Labute approximate surface area is 321 Å². The van der Waals surface area contributed by atoms with Gasteiger partial charge in [-0.05, 0) is 120 Å². The Hall–Kier alpha value is -6.64. The molecule has 7 rings (SSSR count). The molecule has 0 unspecified atom stereocenters. The van der Waals surface area contributed by atoms with Crippen LogP contribution in [0.3, 0.4) is 0 Å². The fraction of sp³-hybridized carbons (Fsp3) is 0.0769. The SMILES string of the molecule is C=Cc1ccccc1N(c1ccc(C)cc1)c1ccc(C=Cc2cccc(C=Cc3ccc(N(c4ccc(C)cc4)c4ccccc4CC)cc3)c2)cc1. The summed E-state index contributed by atoms with van der Waals surface area (Å²) < 4.78 is 0. The van der Waals surface area contributed by atoms with E-state index in [1.165, 1.54) is 22.4 Å². The highest BCUT2D eigenvalue weighted by atomic mass is 15.1. The number of rotatable bonds is 12. The van der Waals surface area contributed by atoms with Crippen LogP contribution in [0.15, 0.2) is 176 Å². The van der Waals surface area contributed by atoms with E-state index in [-0.39, 0.29) is 0 Å². The van der Waals surface area contributed by atoms with Crippen molar-refractivity contribution in [1.29, 1.82) is 0 Å². The number of benzene rings is 7. The van der Waals surface area contributed by atoms with Crippen LogP contribution in [0, 0.1) is 13.8 Å². The summed E-state index contributed by atoms with van der Waals surface area (Å²) in [4.78, 5) is 4.65. The quantitative estimate of drug-likeness (QED) is 0.117. The Morgan fingerprint density at radius 2 is 0.833 bits per heavy atom. The van der Waals surface area contributed by atoms with Crippen LogP contribution in [0.4, 0.5) is 34.1 Å². The van der Waals surface area contributed by atoms with Gasteiger partial charge in [-0.25, -0.2) is 0 Å². The van der Waals surface area contributed by atoms with E-state index >= 15 is 0 Å². The average Bonchev–Trinajstić information content (AvgIpc) is 3.22. The van der Waals surface area contributed by atoms with Crippen molar-refractivity contribution in [1.82, 2.24) is 0 Å². The maximum Gasteiger partial charge on any atom is 0.0533 e. The molecule has 0 atom stereocenters. The molecule has 0 saturated heterocycles. The first kappa shape index (κ1) is 35.7. The highest BCUT2D eigenvalue weighted by Gasteiger charge is 2.16. The van der Waals surface area contributed by atoms with Gasteiger partial charge >= 0.3 is 0 Å². The molecule has 0 bridgehead atoms. The topological polar surface area (TPSA) is 6.48 Å². The Kier molecular flexibility index (Phi) is 11.1. The third kappa shape index (κ3) is 8.36. The summed E-state index contributed by atoms with van der Waals surface area (Å²) in [5.74, 6) is 0. The number of nitrogens with zero attached hydrogens (tertiary/aromatic N) is 2. The lowest BCUT2D eigenvalue weighted by molar-refractivity contribution is 1.11.